The maximum Gasteiger partial charge on any atom is 0.189 e. The summed E-state index contributed by atoms with van der Waals surface area (Å²) in [5.74, 6) is 0.739. The highest BCUT2D eigenvalue weighted by molar-refractivity contribution is 6.00. The fraction of sp³-hybridized carbons (Fsp3) is 0.500. The van der Waals surface area contributed by atoms with Gasteiger partial charge in [0.2, 0.25) is 0 Å². The Hall–Kier alpha value is -2.97. The van der Waals surface area contributed by atoms with Crippen molar-refractivity contribution in [3.05, 3.63) is 71.0 Å². The first-order valence-electron chi connectivity index (χ1n) is 14.9. The van der Waals surface area contributed by atoms with E-state index >= 15 is 0 Å². The van der Waals surface area contributed by atoms with Crippen molar-refractivity contribution in [2.24, 2.45) is 5.92 Å². The van der Waals surface area contributed by atoms with Crippen molar-refractivity contribution in [2.75, 3.05) is 6.61 Å². The SMILES string of the molecule is CCCC(c1coc2c(C=O)c(OC/C=C/c3ccccc3)c(CC(C)C)cc12)[C@H]1C[C@@H](O)[C@@]2(OC2CC)[C@H](O)O1. The van der Waals surface area contributed by atoms with Gasteiger partial charge in [0.15, 0.2) is 18.2 Å². The van der Waals surface area contributed by atoms with Crippen molar-refractivity contribution in [1.29, 1.82) is 0 Å². The monoisotopic (exact) mass is 562 g/mol. The molecule has 41 heavy (non-hydrogen) atoms. The van der Waals surface area contributed by atoms with E-state index in [0.717, 1.165) is 47.6 Å². The number of aliphatic hydroxyl groups is 2. The zero-order valence-electron chi connectivity index (χ0n) is 24.4. The minimum Gasteiger partial charge on any atom is -0.488 e. The number of benzene rings is 2. The smallest absolute Gasteiger partial charge is 0.189 e. The van der Waals surface area contributed by atoms with Crippen LogP contribution in [0.4, 0.5) is 0 Å². The topological polar surface area (TPSA) is 102 Å². The van der Waals surface area contributed by atoms with Gasteiger partial charge in [0.1, 0.15) is 17.9 Å². The Morgan fingerprint density at radius 3 is 2.59 bits per heavy atom. The average molecular weight is 563 g/mol. The number of carbonyl (C=O) groups is 1. The second kappa shape index (κ2) is 12.5. The Bertz CT molecular complexity index is 1350. The molecule has 1 spiro atoms. The van der Waals surface area contributed by atoms with Gasteiger partial charge in [0.25, 0.3) is 0 Å². The molecule has 2 fully saturated rings. The van der Waals surface area contributed by atoms with E-state index in [9.17, 15) is 15.0 Å². The third-order valence-corrected chi connectivity index (χ3v) is 8.42. The number of aliphatic hydroxyl groups excluding tert-OH is 2. The molecule has 7 heteroatoms. The maximum absolute atomic E-state index is 12.5. The lowest BCUT2D eigenvalue weighted by Crippen LogP contribution is -2.53. The van der Waals surface area contributed by atoms with Crippen LogP contribution in [0.2, 0.25) is 0 Å². The Balaban J connectivity index is 1.47. The van der Waals surface area contributed by atoms with Gasteiger partial charge in [-0.25, -0.2) is 0 Å². The van der Waals surface area contributed by atoms with Crippen LogP contribution in [0.5, 0.6) is 5.75 Å². The highest BCUT2D eigenvalue weighted by atomic mass is 16.7. The lowest BCUT2D eigenvalue weighted by molar-refractivity contribution is -0.236. The molecular formula is C34H42O7. The number of epoxide rings is 1. The van der Waals surface area contributed by atoms with E-state index in [1.54, 1.807) is 6.26 Å². The molecule has 0 radical (unpaired) electrons. The van der Waals surface area contributed by atoms with Crippen molar-refractivity contribution in [3.63, 3.8) is 0 Å². The summed E-state index contributed by atoms with van der Waals surface area (Å²) in [5, 5.41) is 22.8. The van der Waals surface area contributed by atoms with Gasteiger partial charge in [0.05, 0.1) is 30.1 Å². The van der Waals surface area contributed by atoms with Crippen molar-refractivity contribution in [1.82, 2.24) is 0 Å². The second-order valence-corrected chi connectivity index (χ2v) is 11.7. The first-order chi connectivity index (χ1) is 19.8. The molecule has 2 aliphatic rings. The van der Waals surface area contributed by atoms with Gasteiger partial charge in [-0.2, -0.15) is 0 Å². The summed E-state index contributed by atoms with van der Waals surface area (Å²) in [7, 11) is 0. The lowest BCUT2D eigenvalue weighted by atomic mass is 9.80. The number of rotatable bonds is 12. The van der Waals surface area contributed by atoms with Crippen molar-refractivity contribution < 1.29 is 33.6 Å². The minimum atomic E-state index is -1.20. The van der Waals surface area contributed by atoms with Crippen LogP contribution in [0.15, 0.2) is 53.2 Å². The van der Waals surface area contributed by atoms with E-state index in [1.807, 2.05) is 49.4 Å². The van der Waals surface area contributed by atoms with E-state index in [2.05, 4.69) is 26.8 Å². The fourth-order valence-corrected chi connectivity index (χ4v) is 6.42. The quantitative estimate of drug-likeness (QED) is 0.194. The van der Waals surface area contributed by atoms with Gasteiger partial charge in [-0.1, -0.05) is 70.5 Å². The van der Waals surface area contributed by atoms with Crippen LogP contribution in [0.3, 0.4) is 0 Å². The predicted molar refractivity (Wildman–Crippen MR) is 158 cm³/mol. The first kappa shape index (κ1) is 29.5. The van der Waals surface area contributed by atoms with Crippen molar-refractivity contribution in [2.45, 2.75) is 95.9 Å². The Labute approximate surface area is 242 Å². The van der Waals surface area contributed by atoms with E-state index in [0.29, 0.717) is 42.3 Å². The van der Waals surface area contributed by atoms with Crippen molar-refractivity contribution in [3.8, 4) is 5.75 Å². The summed E-state index contributed by atoms with van der Waals surface area (Å²) in [6.07, 6.45) is 7.19. The molecule has 2 unspecified atom stereocenters. The molecule has 2 N–H and O–H groups in total. The van der Waals surface area contributed by atoms with Gasteiger partial charge in [-0.05, 0) is 48.4 Å². The molecule has 2 aliphatic heterocycles. The number of carbonyl (C=O) groups excluding carboxylic acids is 1. The molecule has 0 saturated carbocycles. The molecule has 220 valence electrons. The van der Waals surface area contributed by atoms with Crippen molar-refractivity contribution >= 4 is 23.3 Å². The molecule has 7 nitrogen and oxygen atoms in total. The summed E-state index contributed by atoms with van der Waals surface area (Å²) < 4.78 is 24.2. The molecule has 2 aromatic carbocycles. The summed E-state index contributed by atoms with van der Waals surface area (Å²) in [4.78, 5) is 12.5. The molecular weight excluding hydrogens is 520 g/mol. The normalized spacial score (nSPS) is 26.7. The number of hydrogen-bond acceptors (Lipinski definition) is 7. The van der Waals surface area contributed by atoms with Crippen LogP contribution >= 0.6 is 0 Å². The zero-order chi connectivity index (χ0) is 29.1. The summed E-state index contributed by atoms with van der Waals surface area (Å²) in [6.45, 7) is 8.65. The van der Waals surface area contributed by atoms with E-state index in [-0.39, 0.29) is 12.0 Å². The van der Waals surface area contributed by atoms with E-state index in [1.165, 1.54) is 0 Å². The van der Waals surface area contributed by atoms with Crippen LogP contribution in [0, 0.1) is 5.92 Å². The number of aldehydes is 1. The zero-order valence-corrected chi connectivity index (χ0v) is 24.4. The molecule has 5 rings (SSSR count). The Kier molecular flexibility index (Phi) is 9.00. The molecule has 6 atom stereocenters. The van der Waals surface area contributed by atoms with Gasteiger partial charge >= 0.3 is 0 Å². The summed E-state index contributed by atoms with van der Waals surface area (Å²) in [6, 6.07) is 12.1. The van der Waals surface area contributed by atoms with Crippen LogP contribution in [-0.4, -0.2) is 53.3 Å². The highest BCUT2D eigenvalue weighted by Gasteiger charge is 2.68. The number of fused-ring (bicyclic) bond motifs is 1. The van der Waals surface area contributed by atoms with Gasteiger partial charge in [0, 0.05) is 23.3 Å². The fourth-order valence-electron chi connectivity index (χ4n) is 6.42. The third-order valence-electron chi connectivity index (χ3n) is 8.42. The van der Waals surface area contributed by atoms with Crippen LogP contribution in [0.1, 0.15) is 86.3 Å². The number of ether oxygens (including phenoxy) is 3. The Morgan fingerprint density at radius 2 is 1.95 bits per heavy atom. The third kappa shape index (κ3) is 5.73. The number of hydrogen-bond donors (Lipinski definition) is 2. The average Bonchev–Trinajstić information content (AvgIpc) is 3.57. The van der Waals surface area contributed by atoms with Gasteiger partial charge in [-0.3, -0.25) is 4.79 Å². The second-order valence-electron chi connectivity index (χ2n) is 11.7. The summed E-state index contributed by atoms with van der Waals surface area (Å²) >= 11 is 0. The largest absolute Gasteiger partial charge is 0.488 e. The minimum absolute atomic E-state index is 0.145. The Morgan fingerprint density at radius 1 is 1.17 bits per heavy atom. The molecule has 0 bridgehead atoms. The lowest BCUT2D eigenvalue weighted by Gasteiger charge is -2.39. The standard InChI is InChI=1S/C34H42O7/c1-5-11-24(28-18-29(36)34(33(37)40-28)30(6-2)41-34)27-20-39-32-25(27)17-23(16-21(3)4)31(26(32)19-35)38-15-10-14-22-12-8-7-9-13-22/h7-10,12-14,17,19-21,24,28-30,33,36-37H,5-6,11,15-16,18H2,1-4H3/b14-10+/t24?,28-,29-,30?,33-,34+/m1/s1. The van der Waals surface area contributed by atoms with Gasteiger partial charge in [-0.15, -0.1) is 0 Å². The molecule has 2 saturated heterocycles. The van der Waals surface area contributed by atoms with Crippen LogP contribution in [-0.2, 0) is 15.9 Å². The van der Waals surface area contributed by atoms with E-state index < -0.39 is 24.1 Å². The van der Waals surface area contributed by atoms with Crippen LogP contribution < -0.4 is 4.74 Å². The van der Waals surface area contributed by atoms with Gasteiger partial charge < -0.3 is 28.8 Å². The highest BCUT2D eigenvalue weighted by Crippen LogP contribution is 2.51. The van der Waals surface area contributed by atoms with Crippen LogP contribution in [0.25, 0.3) is 17.0 Å². The molecule has 0 amide bonds. The maximum atomic E-state index is 12.5. The molecule has 3 heterocycles. The summed E-state index contributed by atoms with van der Waals surface area (Å²) in [5.41, 5.74) is 2.78. The predicted octanol–water partition coefficient (Wildman–Crippen LogP) is 6.44. The molecule has 1 aromatic heterocycles. The van der Waals surface area contributed by atoms with E-state index in [4.69, 9.17) is 18.6 Å². The molecule has 3 aromatic rings. The molecule has 0 aliphatic carbocycles. The number of furan rings is 1. The first-order valence-corrected chi connectivity index (χ1v) is 14.9.